The highest BCUT2D eigenvalue weighted by Crippen LogP contribution is 2.38. The van der Waals surface area contributed by atoms with Crippen molar-refractivity contribution in [2.75, 3.05) is 7.11 Å². The molecular weight excluding hydrogens is 356 g/mol. The molecule has 2 aliphatic rings. The summed E-state index contributed by atoms with van der Waals surface area (Å²) >= 11 is 6.02. The third kappa shape index (κ3) is 3.12. The maximum absolute atomic E-state index is 9.68. The smallest absolute Gasteiger partial charge is 0.232 e. The van der Waals surface area contributed by atoms with Gasteiger partial charge in [-0.1, -0.05) is 66.2 Å². The molecule has 0 radical (unpaired) electrons. The monoisotopic (exact) mass is 370 g/mol. The molecule has 2 aromatic rings. The van der Waals surface area contributed by atoms with Crippen LogP contribution >= 0.6 is 11.6 Å². The van der Waals surface area contributed by atoms with Crippen LogP contribution in [-0.2, 0) is 0 Å². The minimum atomic E-state index is 0.314. The minimum Gasteiger partial charge on any atom is -0.480 e. The lowest BCUT2D eigenvalue weighted by molar-refractivity contribution is 0.397. The van der Waals surface area contributed by atoms with Gasteiger partial charge in [-0.25, -0.2) is 4.98 Å². The highest BCUT2D eigenvalue weighted by molar-refractivity contribution is 6.30. The number of hydrogen-bond acceptors (Lipinski definition) is 3. The Kier molecular flexibility index (Phi) is 4.50. The van der Waals surface area contributed by atoms with E-state index in [0.29, 0.717) is 16.5 Å². The topological polar surface area (TPSA) is 45.9 Å². The molecule has 0 N–H and O–H groups in total. The summed E-state index contributed by atoms with van der Waals surface area (Å²) in [5.41, 5.74) is 6.06. The van der Waals surface area contributed by atoms with E-state index in [-0.39, 0.29) is 0 Å². The number of hydrogen-bond donors (Lipinski definition) is 0. The van der Waals surface area contributed by atoms with E-state index in [4.69, 9.17) is 16.3 Å². The molecular formula is C23H15ClN2O. The van der Waals surface area contributed by atoms with Crippen molar-refractivity contribution >= 4 is 11.6 Å². The number of nitrogens with zero attached hydrogens (tertiary/aromatic N) is 2. The fraction of sp³-hybridized carbons (Fsp3) is 0.0435. The number of aromatic nitrogens is 1. The summed E-state index contributed by atoms with van der Waals surface area (Å²) in [5.74, 6) is 0.314. The molecule has 4 heteroatoms. The lowest BCUT2D eigenvalue weighted by Crippen LogP contribution is -1.97. The molecule has 4 rings (SSSR count). The second-order valence-electron chi connectivity index (χ2n) is 6.08. The number of ether oxygens (including phenoxy) is 1. The Balaban J connectivity index is 1.96. The number of methoxy groups -OCH3 is 1. The van der Waals surface area contributed by atoms with Crippen LogP contribution in [0.1, 0.15) is 5.56 Å². The van der Waals surface area contributed by atoms with Crippen molar-refractivity contribution in [2.24, 2.45) is 0 Å². The number of benzene rings is 1. The molecule has 0 fully saturated rings. The summed E-state index contributed by atoms with van der Waals surface area (Å²) in [6, 6.07) is 25.8. The Labute approximate surface area is 162 Å². The van der Waals surface area contributed by atoms with Gasteiger partial charge in [-0.15, -0.1) is 0 Å². The highest BCUT2D eigenvalue weighted by Gasteiger charge is 2.18. The van der Waals surface area contributed by atoms with Gasteiger partial charge in [0.25, 0.3) is 0 Å². The Bertz CT molecular complexity index is 1130. The van der Waals surface area contributed by atoms with Crippen molar-refractivity contribution in [3.8, 4) is 45.5 Å². The summed E-state index contributed by atoms with van der Waals surface area (Å²) in [6.45, 7) is 0. The number of fused-ring (bicyclic) bond motifs is 1. The van der Waals surface area contributed by atoms with E-state index in [0.717, 1.165) is 33.5 Å². The fourth-order valence-electron chi connectivity index (χ4n) is 3.21. The van der Waals surface area contributed by atoms with E-state index in [1.807, 2.05) is 54.6 Å². The number of pyridine rings is 1. The van der Waals surface area contributed by atoms with Gasteiger partial charge in [0.05, 0.1) is 12.8 Å². The van der Waals surface area contributed by atoms with Gasteiger partial charge in [0, 0.05) is 16.1 Å². The Morgan fingerprint density at radius 2 is 1.56 bits per heavy atom. The van der Waals surface area contributed by atoms with Crippen molar-refractivity contribution in [2.45, 2.75) is 0 Å². The van der Waals surface area contributed by atoms with Crippen molar-refractivity contribution in [1.82, 2.24) is 4.98 Å². The summed E-state index contributed by atoms with van der Waals surface area (Å²) in [7, 11) is 1.53. The zero-order chi connectivity index (χ0) is 18.8. The first-order valence-electron chi connectivity index (χ1n) is 8.44. The largest absolute Gasteiger partial charge is 0.480 e. The third-order valence-corrected chi connectivity index (χ3v) is 4.77. The average molecular weight is 371 g/mol. The zero-order valence-electron chi connectivity index (χ0n) is 14.6. The summed E-state index contributed by atoms with van der Waals surface area (Å²) < 4.78 is 5.43. The molecule has 130 valence electrons. The highest BCUT2D eigenvalue weighted by atomic mass is 35.5. The Morgan fingerprint density at radius 1 is 0.852 bits per heavy atom. The first-order valence-corrected chi connectivity index (χ1v) is 8.82. The second kappa shape index (κ2) is 7.11. The average Bonchev–Trinajstić information content (AvgIpc) is 2.95. The number of rotatable bonds is 3. The normalized spacial score (nSPS) is 10.6. The Morgan fingerprint density at radius 3 is 2.30 bits per heavy atom. The Hall–Kier alpha value is -3.35. The predicted octanol–water partition coefficient (Wildman–Crippen LogP) is 6.05. The van der Waals surface area contributed by atoms with E-state index in [1.54, 1.807) is 0 Å². The first-order chi connectivity index (χ1) is 13.2. The van der Waals surface area contributed by atoms with Gasteiger partial charge in [-0.2, -0.15) is 5.26 Å². The molecule has 1 aromatic heterocycles. The molecule has 2 aliphatic carbocycles. The van der Waals surface area contributed by atoms with Crippen molar-refractivity contribution in [3.05, 3.63) is 83.4 Å². The molecule has 0 amide bonds. The van der Waals surface area contributed by atoms with Gasteiger partial charge in [-0.05, 0) is 34.9 Å². The maximum Gasteiger partial charge on any atom is 0.232 e. The van der Waals surface area contributed by atoms with Crippen LogP contribution in [0.15, 0.2) is 72.8 Å². The van der Waals surface area contributed by atoms with Crippen LogP contribution in [0.2, 0.25) is 5.02 Å². The molecule has 0 atom stereocenters. The van der Waals surface area contributed by atoms with E-state index in [1.165, 1.54) is 7.11 Å². The lowest BCUT2D eigenvalue weighted by atomic mass is 9.98. The van der Waals surface area contributed by atoms with Crippen LogP contribution in [-0.4, -0.2) is 12.1 Å². The molecule has 0 spiro atoms. The summed E-state index contributed by atoms with van der Waals surface area (Å²) in [6.07, 6.45) is 0. The van der Waals surface area contributed by atoms with Crippen LogP contribution in [0.3, 0.4) is 0 Å². The summed E-state index contributed by atoms with van der Waals surface area (Å²) in [4.78, 5) is 4.61. The van der Waals surface area contributed by atoms with Gasteiger partial charge < -0.3 is 4.74 Å². The molecule has 0 unspecified atom stereocenters. The molecule has 0 bridgehead atoms. The third-order valence-electron chi connectivity index (χ3n) is 4.51. The quantitative estimate of drug-likeness (QED) is 0.440. The van der Waals surface area contributed by atoms with Gasteiger partial charge in [0.2, 0.25) is 5.88 Å². The number of nitriles is 1. The number of halogens is 1. The second-order valence-corrected chi connectivity index (χ2v) is 6.52. The van der Waals surface area contributed by atoms with Gasteiger partial charge >= 0.3 is 0 Å². The first kappa shape index (κ1) is 17.1. The zero-order valence-corrected chi connectivity index (χ0v) is 15.4. The molecule has 1 aromatic carbocycles. The molecule has 0 saturated heterocycles. The van der Waals surface area contributed by atoms with E-state index < -0.39 is 0 Å². The van der Waals surface area contributed by atoms with Crippen molar-refractivity contribution in [1.29, 1.82) is 5.26 Å². The minimum absolute atomic E-state index is 0.314. The van der Waals surface area contributed by atoms with Crippen LogP contribution in [0, 0.1) is 11.3 Å². The van der Waals surface area contributed by atoms with E-state index >= 15 is 0 Å². The molecule has 0 aliphatic heterocycles. The SMILES string of the molecule is COc1nc(-c2ccc3cccccc2-3)cc(-c2ccc(Cl)cc2)c1C#N. The van der Waals surface area contributed by atoms with Crippen LogP contribution in [0.25, 0.3) is 33.5 Å². The van der Waals surface area contributed by atoms with Gasteiger partial charge in [0.15, 0.2) is 0 Å². The fourth-order valence-corrected chi connectivity index (χ4v) is 3.34. The standard InChI is InChI=1S/C23H15ClN2O/c1-27-23-21(14-25)20(16-7-10-17(24)11-8-16)13-22(26-23)19-12-9-15-5-3-2-4-6-18(15)19/h2-13H,1H3. The van der Waals surface area contributed by atoms with Gasteiger partial charge in [-0.3, -0.25) is 0 Å². The lowest BCUT2D eigenvalue weighted by Gasteiger charge is -2.12. The van der Waals surface area contributed by atoms with Gasteiger partial charge in [0.1, 0.15) is 11.6 Å². The van der Waals surface area contributed by atoms with E-state index in [9.17, 15) is 5.26 Å². The van der Waals surface area contributed by atoms with Crippen LogP contribution in [0.4, 0.5) is 0 Å². The van der Waals surface area contributed by atoms with E-state index in [2.05, 4.69) is 29.3 Å². The molecule has 0 saturated carbocycles. The molecule has 27 heavy (non-hydrogen) atoms. The maximum atomic E-state index is 9.68. The van der Waals surface area contributed by atoms with Crippen LogP contribution in [0.5, 0.6) is 5.88 Å². The van der Waals surface area contributed by atoms with Crippen molar-refractivity contribution < 1.29 is 4.74 Å². The molecule has 3 nitrogen and oxygen atoms in total. The predicted molar refractivity (Wildman–Crippen MR) is 108 cm³/mol. The van der Waals surface area contributed by atoms with Crippen LogP contribution < -0.4 is 4.74 Å². The van der Waals surface area contributed by atoms with Crippen molar-refractivity contribution in [3.63, 3.8) is 0 Å². The summed E-state index contributed by atoms with van der Waals surface area (Å²) in [5, 5.41) is 10.3. The molecule has 1 heterocycles.